The molecule has 1 aliphatic heterocycles. The van der Waals surface area contributed by atoms with Gasteiger partial charge in [-0.05, 0) is 49.0 Å². The molecule has 1 saturated heterocycles. The molecule has 4 rings (SSSR count). The summed E-state index contributed by atoms with van der Waals surface area (Å²) < 4.78 is 27.7. The van der Waals surface area contributed by atoms with Gasteiger partial charge in [-0.1, -0.05) is 18.5 Å². The molecule has 0 radical (unpaired) electrons. The number of rotatable bonds is 6. The average molecular weight is 491 g/mol. The lowest BCUT2D eigenvalue weighted by Crippen LogP contribution is -2.48. The van der Waals surface area contributed by atoms with Gasteiger partial charge in [0.1, 0.15) is 5.01 Å². The zero-order valence-electron chi connectivity index (χ0n) is 17.5. The third-order valence-electron chi connectivity index (χ3n) is 5.42. The monoisotopic (exact) mass is 490 g/mol. The maximum Gasteiger partial charge on any atom is 0.257 e. The predicted molar refractivity (Wildman–Crippen MR) is 128 cm³/mol. The molecule has 0 aliphatic carbocycles. The van der Waals surface area contributed by atoms with E-state index in [9.17, 15) is 13.2 Å². The van der Waals surface area contributed by atoms with Crippen molar-refractivity contribution in [1.29, 1.82) is 0 Å². The van der Waals surface area contributed by atoms with Crippen molar-refractivity contribution >= 4 is 44.6 Å². The lowest BCUT2D eigenvalue weighted by atomic mass is 10.2. The first-order chi connectivity index (χ1) is 15.4. The molecule has 10 heteroatoms. The Balaban J connectivity index is 1.51. The molecule has 0 spiro atoms. The van der Waals surface area contributed by atoms with E-state index in [4.69, 9.17) is 11.6 Å². The van der Waals surface area contributed by atoms with Gasteiger partial charge < -0.3 is 10.2 Å². The number of nitrogens with zero attached hydrogens (tertiary/aromatic N) is 3. The first-order valence-electron chi connectivity index (χ1n) is 10.2. The summed E-state index contributed by atoms with van der Waals surface area (Å²) in [4.78, 5) is 19.4. The van der Waals surface area contributed by atoms with E-state index >= 15 is 0 Å². The van der Waals surface area contributed by atoms with E-state index in [-0.39, 0.29) is 15.5 Å². The molecule has 2 aromatic carbocycles. The Kier molecular flexibility index (Phi) is 6.92. The molecule has 0 atom stereocenters. The van der Waals surface area contributed by atoms with E-state index in [2.05, 4.69) is 22.1 Å². The third-order valence-corrected chi connectivity index (χ3v) is 8.47. The van der Waals surface area contributed by atoms with Crippen LogP contribution in [0.25, 0.3) is 10.6 Å². The number of hydrogen-bond acceptors (Lipinski definition) is 6. The maximum atomic E-state index is 13.1. The zero-order chi connectivity index (χ0) is 22.7. The number of nitrogens with one attached hydrogen (secondary N) is 1. The summed E-state index contributed by atoms with van der Waals surface area (Å²) in [7, 11) is -3.71. The molecule has 0 bridgehead atoms. The number of halogens is 1. The standard InChI is InChI=1S/C22H23ClN4O3S2/c1-2-26-10-12-27(13-11-26)32(29,30)18-7-8-20(23)19(15-18)21(28)25-17-5-3-16(4-6-17)22-24-9-14-31-22/h3-9,14-15H,2,10-13H2,1H3,(H,25,28). The molecule has 1 amide bonds. The lowest BCUT2D eigenvalue weighted by molar-refractivity contribution is 0.102. The van der Waals surface area contributed by atoms with E-state index in [1.165, 1.54) is 33.8 Å². The Morgan fingerprint density at radius 1 is 1.12 bits per heavy atom. The van der Waals surface area contributed by atoms with Crippen molar-refractivity contribution < 1.29 is 13.2 Å². The summed E-state index contributed by atoms with van der Waals surface area (Å²) in [5, 5.41) is 5.77. The van der Waals surface area contributed by atoms with Crippen LogP contribution in [0.1, 0.15) is 17.3 Å². The summed E-state index contributed by atoms with van der Waals surface area (Å²) in [6.07, 6.45) is 1.74. The van der Waals surface area contributed by atoms with Gasteiger partial charge in [0.25, 0.3) is 5.91 Å². The summed E-state index contributed by atoms with van der Waals surface area (Å²) in [5.74, 6) is -0.468. The highest BCUT2D eigenvalue weighted by molar-refractivity contribution is 7.89. The van der Waals surface area contributed by atoms with Gasteiger partial charge >= 0.3 is 0 Å². The smallest absolute Gasteiger partial charge is 0.257 e. The fourth-order valence-electron chi connectivity index (χ4n) is 3.53. The number of hydrogen-bond donors (Lipinski definition) is 1. The van der Waals surface area contributed by atoms with Gasteiger partial charge in [-0.2, -0.15) is 4.31 Å². The molecule has 32 heavy (non-hydrogen) atoms. The number of piperazine rings is 1. The third kappa shape index (κ3) is 4.87. The van der Waals surface area contributed by atoms with Crippen LogP contribution in [0, 0.1) is 0 Å². The topological polar surface area (TPSA) is 82.6 Å². The molecule has 1 aromatic heterocycles. The number of benzene rings is 2. The number of amides is 1. The Labute approximate surface area is 196 Å². The van der Waals surface area contributed by atoms with Gasteiger partial charge in [-0.25, -0.2) is 13.4 Å². The van der Waals surface area contributed by atoms with Crippen LogP contribution in [0.3, 0.4) is 0 Å². The van der Waals surface area contributed by atoms with Crippen molar-refractivity contribution in [1.82, 2.24) is 14.2 Å². The zero-order valence-corrected chi connectivity index (χ0v) is 19.9. The molecular formula is C22H23ClN4O3S2. The van der Waals surface area contributed by atoms with Crippen molar-refractivity contribution in [3.63, 3.8) is 0 Å². The summed E-state index contributed by atoms with van der Waals surface area (Å²) in [6, 6.07) is 11.5. The Bertz CT molecular complexity index is 1190. The summed E-state index contributed by atoms with van der Waals surface area (Å²) in [6.45, 7) is 5.17. The first-order valence-corrected chi connectivity index (χ1v) is 12.9. The molecule has 168 valence electrons. The molecule has 1 fully saturated rings. The Morgan fingerprint density at radius 3 is 2.47 bits per heavy atom. The average Bonchev–Trinajstić information content (AvgIpc) is 3.34. The first kappa shape index (κ1) is 22.9. The number of carbonyl (C=O) groups excluding carboxylic acids is 1. The fourth-order valence-corrected chi connectivity index (χ4v) is 5.83. The lowest BCUT2D eigenvalue weighted by Gasteiger charge is -2.33. The van der Waals surface area contributed by atoms with Crippen LogP contribution in [0.2, 0.25) is 5.02 Å². The van der Waals surface area contributed by atoms with Gasteiger partial charge in [-0.15, -0.1) is 11.3 Å². The molecule has 0 unspecified atom stereocenters. The number of carbonyl (C=O) groups is 1. The minimum atomic E-state index is -3.71. The highest BCUT2D eigenvalue weighted by Gasteiger charge is 2.29. The van der Waals surface area contributed by atoms with Crippen molar-refractivity contribution in [3.05, 3.63) is 64.6 Å². The van der Waals surface area contributed by atoms with Crippen LogP contribution in [0.4, 0.5) is 5.69 Å². The molecule has 2 heterocycles. The number of aromatic nitrogens is 1. The molecular weight excluding hydrogens is 468 g/mol. The largest absolute Gasteiger partial charge is 0.322 e. The highest BCUT2D eigenvalue weighted by Crippen LogP contribution is 2.26. The number of sulfonamides is 1. The van der Waals surface area contributed by atoms with Crippen molar-refractivity contribution in [2.45, 2.75) is 11.8 Å². The molecule has 1 aliphatic rings. The van der Waals surface area contributed by atoms with Crippen LogP contribution in [-0.4, -0.2) is 61.2 Å². The van der Waals surface area contributed by atoms with Crippen LogP contribution in [0.5, 0.6) is 0 Å². The second kappa shape index (κ2) is 9.68. The van der Waals surface area contributed by atoms with E-state index in [0.29, 0.717) is 31.9 Å². The van der Waals surface area contributed by atoms with Crippen LogP contribution >= 0.6 is 22.9 Å². The van der Waals surface area contributed by atoms with Crippen molar-refractivity contribution in [2.24, 2.45) is 0 Å². The quantitative estimate of drug-likeness (QED) is 0.563. The summed E-state index contributed by atoms with van der Waals surface area (Å²) in [5.41, 5.74) is 1.64. The van der Waals surface area contributed by atoms with Crippen LogP contribution < -0.4 is 5.32 Å². The highest BCUT2D eigenvalue weighted by atomic mass is 35.5. The Morgan fingerprint density at radius 2 is 1.84 bits per heavy atom. The van der Waals surface area contributed by atoms with E-state index in [1.807, 2.05) is 17.5 Å². The van der Waals surface area contributed by atoms with Crippen molar-refractivity contribution in [3.8, 4) is 10.6 Å². The van der Waals surface area contributed by atoms with Crippen LogP contribution in [-0.2, 0) is 10.0 Å². The van der Waals surface area contributed by atoms with Gasteiger partial charge in [0.2, 0.25) is 10.0 Å². The van der Waals surface area contributed by atoms with Gasteiger partial charge in [-0.3, -0.25) is 4.79 Å². The fraction of sp³-hybridized carbons (Fsp3) is 0.273. The number of thiazole rings is 1. The summed E-state index contributed by atoms with van der Waals surface area (Å²) >= 11 is 7.77. The number of likely N-dealkylation sites (N-methyl/N-ethyl adjacent to an activating group) is 1. The van der Waals surface area contributed by atoms with Crippen LogP contribution in [0.15, 0.2) is 58.9 Å². The van der Waals surface area contributed by atoms with Gasteiger partial charge in [0, 0.05) is 49.0 Å². The van der Waals surface area contributed by atoms with E-state index in [0.717, 1.165) is 17.1 Å². The molecule has 3 aromatic rings. The van der Waals surface area contributed by atoms with Gasteiger partial charge in [0.05, 0.1) is 15.5 Å². The normalized spacial score (nSPS) is 15.6. The second-order valence-corrected chi connectivity index (χ2v) is 10.6. The van der Waals surface area contributed by atoms with Gasteiger partial charge in [0.15, 0.2) is 0 Å². The molecule has 1 N–H and O–H groups in total. The molecule has 0 saturated carbocycles. The van der Waals surface area contributed by atoms with E-state index < -0.39 is 15.9 Å². The second-order valence-electron chi connectivity index (χ2n) is 7.35. The van der Waals surface area contributed by atoms with Crippen molar-refractivity contribution in [2.75, 3.05) is 38.0 Å². The number of anilines is 1. The SMILES string of the molecule is CCN1CCN(S(=O)(=O)c2ccc(Cl)c(C(=O)Nc3ccc(-c4nccs4)cc3)c2)CC1. The van der Waals surface area contributed by atoms with E-state index in [1.54, 1.807) is 18.3 Å². The minimum Gasteiger partial charge on any atom is -0.322 e. The minimum absolute atomic E-state index is 0.0658. The maximum absolute atomic E-state index is 13.1. The molecule has 7 nitrogen and oxygen atoms in total. The predicted octanol–water partition coefficient (Wildman–Crippen LogP) is 4.04. The Hall–Kier alpha value is -2.30.